The van der Waals surface area contributed by atoms with Crippen molar-refractivity contribution in [3.63, 3.8) is 0 Å². The largest absolute Gasteiger partial charge is 0.424 e. The molecule has 2 saturated heterocycles. The van der Waals surface area contributed by atoms with Crippen molar-refractivity contribution >= 4 is 67.2 Å². The van der Waals surface area contributed by atoms with E-state index in [0.29, 0.717) is 0 Å². The van der Waals surface area contributed by atoms with Crippen molar-refractivity contribution in [2.75, 3.05) is 31.4 Å². The summed E-state index contributed by atoms with van der Waals surface area (Å²) in [5.41, 5.74) is 0. The highest BCUT2D eigenvalue weighted by atomic mass is 32.2. The number of rotatable bonds is 4. The molecule has 2 aliphatic rings. The summed E-state index contributed by atoms with van der Waals surface area (Å²) in [7, 11) is -5.43. The van der Waals surface area contributed by atoms with E-state index in [1.165, 1.54) is 37.2 Å². The van der Waals surface area contributed by atoms with Crippen LogP contribution in [0.25, 0.3) is 0 Å². The summed E-state index contributed by atoms with van der Waals surface area (Å²) in [5.74, 6) is 10.8. The van der Waals surface area contributed by atoms with Crippen LogP contribution in [0.4, 0.5) is 0 Å². The zero-order valence-electron chi connectivity index (χ0n) is 15.5. The second-order valence-electron chi connectivity index (χ2n) is 5.16. The number of ether oxygens (including phenoxy) is 2. The molecule has 0 amide bonds. The van der Waals surface area contributed by atoms with E-state index in [-0.39, 0.29) is 10.7 Å². The molecule has 4 N–H and O–H groups in total. The maximum absolute atomic E-state index is 10.5. The van der Waals surface area contributed by atoms with Gasteiger partial charge in [0.05, 0.1) is 0 Å². The van der Waals surface area contributed by atoms with Crippen molar-refractivity contribution in [2.24, 2.45) is 11.7 Å². The summed E-state index contributed by atoms with van der Waals surface area (Å²) < 4.78 is 51.3. The second-order valence-corrected chi connectivity index (χ2v) is 8.95. The lowest BCUT2D eigenvalue weighted by atomic mass is 10.3. The third-order valence-corrected chi connectivity index (χ3v) is 5.59. The van der Waals surface area contributed by atoms with Crippen LogP contribution >= 0.6 is 23.9 Å². The Bertz CT molecular complexity index is 680. The lowest BCUT2D eigenvalue weighted by Crippen LogP contribution is -2.28. The van der Waals surface area contributed by atoms with E-state index in [1.54, 1.807) is 23.9 Å². The maximum Gasteiger partial charge on any atom is 0.349 e. The number of hydrogen-bond acceptors (Lipinski definition) is 14. The molecule has 0 atom stereocenters. The van der Waals surface area contributed by atoms with Gasteiger partial charge in [0.15, 0.2) is 0 Å². The number of hydrogen-bond donors (Lipinski definition) is 2. The average molecular weight is 493 g/mol. The molecule has 2 rings (SSSR count). The lowest BCUT2D eigenvalue weighted by molar-refractivity contribution is -0.156. The standard InChI is InChI=1S/C5H4O8S2.2C4H10N2S/c6-4(1-14(8)9)12-3-13-5(7)2-15(10)11;2*5-6-3-1-2-4-7-6/h1-2H,3H2;2*1-5H2. The van der Waals surface area contributed by atoms with Gasteiger partial charge in [-0.1, -0.05) is 23.9 Å². The van der Waals surface area contributed by atoms with E-state index < -0.39 is 39.3 Å². The van der Waals surface area contributed by atoms with Crippen LogP contribution in [-0.2, 0) is 39.6 Å². The summed E-state index contributed by atoms with van der Waals surface area (Å²) in [6.07, 6.45) is 5.20. The number of hydrazine groups is 2. The number of carbonyl (C=O) groups is 2. The van der Waals surface area contributed by atoms with E-state index in [4.69, 9.17) is 11.7 Å². The zero-order valence-corrected chi connectivity index (χ0v) is 18.7. The minimum absolute atomic E-state index is 0.212. The smallest absolute Gasteiger partial charge is 0.349 e. The third-order valence-electron chi connectivity index (χ3n) is 2.85. The molecule has 0 bridgehead atoms. The first-order valence-corrected chi connectivity index (χ1v) is 12.4. The predicted molar refractivity (Wildman–Crippen MR) is 112 cm³/mol. The normalized spacial score (nSPS) is 16.6. The van der Waals surface area contributed by atoms with E-state index in [2.05, 4.69) is 9.47 Å². The topological polar surface area (TPSA) is 179 Å². The number of nitrogens with zero attached hydrogens (tertiary/aromatic N) is 2. The van der Waals surface area contributed by atoms with Gasteiger partial charge in [0, 0.05) is 24.6 Å². The summed E-state index contributed by atoms with van der Waals surface area (Å²) in [4.78, 5) is 20.9. The van der Waals surface area contributed by atoms with Crippen LogP contribution in [-0.4, -0.2) is 79.7 Å². The second kappa shape index (κ2) is 17.7. The Hall–Kier alpha value is -1.14. The van der Waals surface area contributed by atoms with Gasteiger partial charge in [0.1, 0.15) is 10.7 Å². The summed E-state index contributed by atoms with van der Waals surface area (Å²) in [6.45, 7) is 1.24. The molecule has 0 radical (unpaired) electrons. The van der Waals surface area contributed by atoms with E-state index in [9.17, 15) is 26.4 Å². The Kier molecular flexibility index (Phi) is 17.0. The molecule has 29 heavy (non-hydrogen) atoms. The Morgan fingerprint density at radius 3 is 1.38 bits per heavy atom. The summed E-state index contributed by atoms with van der Waals surface area (Å²) in [5, 5.41) is 0.423. The van der Waals surface area contributed by atoms with Crippen molar-refractivity contribution in [1.82, 2.24) is 8.83 Å². The molecule has 0 unspecified atom stereocenters. The Morgan fingerprint density at radius 2 is 1.17 bits per heavy atom. The molecule has 0 aromatic carbocycles. The molecule has 12 nitrogen and oxygen atoms in total. The maximum atomic E-state index is 10.5. The number of carbonyl (C=O) groups excluding carboxylic acids is 2. The highest BCUT2D eigenvalue weighted by Gasteiger charge is 2.05. The van der Waals surface area contributed by atoms with Gasteiger partial charge in [-0.25, -0.2) is 9.59 Å². The third kappa shape index (κ3) is 19.9. The Balaban J connectivity index is 0.000000458. The first kappa shape index (κ1) is 27.9. The molecular formula is C13H24N4O8S4. The molecule has 2 heterocycles. The minimum Gasteiger partial charge on any atom is -0.424 e. The highest BCUT2D eigenvalue weighted by molar-refractivity contribution is 7.97. The molecule has 0 aliphatic carbocycles. The first-order chi connectivity index (χ1) is 13.7. The van der Waals surface area contributed by atoms with E-state index in [1.807, 2.05) is 8.83 Å². The number of nitrogens with two attached hydrogens (primary N) is 2. The van der Waals surface area contributed by atoms with E-state index in [0.717, 1.165) is 13.1 Å². The van der Waals surface area contributed by atoms with Gasteiger partial charge in [0.25, 0.3) is 0 Å². The van der Waals surface area contributed by atoms with Gasteiger partial charge in [-0.05, 0) is 25.7 Å². The Morgan fingerprint density at radius 1 is 0.793 bits per heavy atom. The molecule has 0 aromatic heterocycles. The minimum atomic E-state index is -2.72. The Labute approximate surface area is 180 Å². The molecule has 0 aromatic rings. The first-order valence-electron chi connectivity index (χ1n) is 8.20. The van der Waals surface area contributed by atoms with Crippen LogP contribution in [0, 0.1) is 0 Å². The predicted octanol–water partition coefficient (Wildman–Crippen LogP) is -1.40. The van der Waals surface area contributed by atoms with Crippen molar-refractivity contribution in [3.8, 4) is 0 Å². The van der Waals surface area contributed by atoms with Gasteiger partial charge >= 0.3 is 11.9 Å². The monoisotopic (exact) mass is 492 g/mol. The average Bonchev–Trinajstić information content (AvgIpc) is 2.63. The van der Waals surface area contributed by atoms with Crippen LogP contribution in [0.2, 0.25) is 0 Å². The molecule has 16 heteroatoms. The van der Waals surface area contributed by atoms with Crippen molar-refractivity contribution < 1.29 is 35.9 Å². The summed E-state index contributed by atoms with van der Waals surface area (Å²) >= 11 is 3.46. The van der Waals surface area contributed by atoms with Crippen molar-refractivity contribution in [2.45, 2.75) is 25.7 Å². The van der Waals surface area contributed by atoms with Crippen molar-refractivity contribution in [3.05, 3.63) is 0 Å². The van der Waals surface area contributed by atoms with Crippen LogP contribution < -0.4 is 11.7 Å². The zero-order chi connectivity index (χ0) is 22.1. The van der Waals surface area contributed by atoms with Gasteiger partial charge in [-0.3, -0.25) is 11.7 Å². The van der Waals surface area contributed by atoms with Gasteiger partial charge in [-0.2, -0.15) is 25.7 Å². The fourth-order valence-electron chi connectivity index (χ4n) is 1.60. The van der Waals surface area contributed by atoms with Gasteiger partial charge in [0.2, 0.25) is 27.4 Å². The fourth-order valence-corrected chi connectivity index (χ4v) is 3.71. The quantitative estimate of drug-likeness (QED) is 0.154. The van der Waals surface area contributed by atoms with Crippen LogP contribution in [0.3, 0.4) is 0 Å². The molecular weight excluding hydrogens is 468 g/mol. The van der Waals surface area contributed by atoms with Gasteiger partial charge in [-0.15, -0.1) is 0 Å². The van der Waals surface area contributed by atoms with Gasteiger partial charge < -0.3 is 9.47 Å². The molecule has 0 spiro atoms. The van der Waals surface area contributed by atoms with E-state index >= 15 is 0 Å². The SMILES string of the molecule is NN1CCCCS1.NN1CCCCS1.O=C(C=S(=O)=O)OCOC(=O)C=S(=O)=O. The molecule has 2 aliphatic heterocycles. The molecule has 168 valence electrons. The highest BCUT2D eigenvalue weighted by Crippen LogP contribution is 2.14. The van der Waals surface area contributed by atoms with Crippen LogP contribution in [0.1, 0.15) is 25.7 Å². The van der Waals surface area contributed by atoms with Crippen LogP contribution in [0.15, 0.2) is 0 Å². The van der Waals surface area contributed by atoms with Crippen LogP contribution in [0.5, 0.6) is 0 Å². The molecule has 0 saturated carbocycles. The fraction of sp³-hybridized carbons (Fsp3) is 0.692. The lowest BCUT2D eigenvalue weighted by Gasteiger charge is -2.18. The molecule has 2 fully saturated rings. The number of esters is 2. The summed E-state index contributed by atoms with van der Waals surface area (Å²) in [6, 6.07) is 0. The van der Waals surface area contributed by atoms with Crippen molar-refractivity contribution in [1.29, 1.82) is 0 Å².